The Hall–Kier alpha value is -1.60. The molecule has 1 unspecified atom stereocenters. The highest BCUT2D eigenvalue weighted by molar-refractivity contribution is 5.40. The minimum absolute atomic E-state index is 0.0136. The lowest BCUT2D eigenvalue weighted by Gasteiger charge is -2.12. The number of benzene rings is 1. The van der Waals surface area contributed by atoms with Crippen molar-refractivity contribution < 1.29 is 23.5 Å². The van der Waals surface area contributed by atoms with E-state index >= 15 is 0 Å². The van der Waals surface area contributed by atoms with Gasteiger partial charge in [0.15, 0.2) is 0 Å². The average molecular weight is 261 g/mol. The summed E-state index contributed by atoms with van der Waals surface area (Å²) in [5.74, 6) is 0. The molecule has 7 heteroatoms. The molecule has 0 amide bonds. The molecule has 18 heavy (non-hydrogen) atoms. The summed E-state index contributed by atoms with van der Waals surface area (Å²) in [5.41, 5.74) is -0.644. The quantitative estimate of drug-likeness (QED) is 0.628. The summed E-state index contributed by atoms with van der Waals surface area (Å²) in [6, 6.07) is 3.21. The first kappa shape index (κ1) is 14.5. The van der Waals surface area contributed by atoms with Gasteiger partial charge in [0.2, 0.25) is 0 Å². The minimum atomic E-state index is -2.82. The number of methoxy groups -OCH3 is 1. The number of aliphatic hydroxyl groups is 1. The zero-order valence-corrected chi connectivity index (χ0v) is 9.68. The Kier molecular flexibility index (Phi) is 5.11. The van der Waals surface area contributed by atoms with Gasteiger partial charge in [0.1, 0.15) is 0 Å². The standard InChI is InChI=1S/C11H13F2NO4/c1-18-6-9(15)4-7-2-3-8(14(16)17)5-10(7)11(12)13/h2-3,5,9,11,15H,4,6H2,1H3. The van der Waals surface area contributed by atoms with Gasteiger partial charge in [-0.05, 0) is 5.56 Å². The fraction of sp³-hybridized carbons (Fsp3) is 0.455. The minimum Gasteiger partial charge on any atom is -0.390 e. The molecule has 5 nitrogen and oxygen atoms in total. The Morgan fingerprint density at radius 2 is 2.17 bits per heavy atom. The molecule has 0 bridgehead atoms. The summed E-state index contributed by atoms with van der Waals surface area (Å²) in [6.45, 7) is 0.0136. The monoisotopic (exact) mass is 261 g/mol. The number of aliphatic hydroxyl groups excluding tert-OH is 1. The van der Waals surface area contributed by atoms with Crippen molar-refractivity contribution in [3.63, 3.8) is 0 Å². The number of rotatable bonds is 6. The normalized spacial score (nSPS) is 12.7. The van der Waals surface area contributed by atoms with Gasteiger partial charge in [0.05, 0.1) is 17.6 Å². The van der Waals surface area contributed by atoms with Crippen molar-refractivity contribution in [3.8, 4) is 0 Å². The van der Waals surface area contributed by atoms with E-state index in [-0.39, 0.29) is 18.6 Å². The number of halogens is 2. The van der Waals surface area contributed by atoms with E-state index in [4.69, 9.17) is 4.74 Å². The van der Waals surface area contributed by atoms with Gasteiger partial charge in [0.25, 0.3) is 12.1 Å². The number of nitrogens with zero attached hydrogens (tertiary/aromatic N) is 1. The van der Waals surface area contributed by atoms with Crippen LogP contribution in [0, 0.1) is 10.1 Å². The van der Waals surface area contributed by atoms with Crippen molar-refractivity contribution in [1.82, 2.24) is 0 Å². The zero-order valence-electron chi connectivity index (χ0n) is 9.68. The number of nitro benzene ring substituents is 1. The van der Waals surface area contributed by atoms with Gasteiger partial charge in [-0.15, -0.1) is 0 Å². The van der Waals surface area contributed by atoms with Crippen molar-refractivity contribution in [2.75, 3.05) is 13.7 Å². The van der Waals surface area contributed by atoms with Gasteiger partial charge in [-0.3, -0.25) is 10.1 Å². The molecule has 0 fully saturated rings. The summed E-state index contributed by atoms with van der Waals surface area (Å²) in [5, 5.41) is 20.0. The predicted molar refractivity (Wildman–Crippen MR) is 59.6 cm³/mol. The number of ether oxygens (including phenoxy) is 1. The first-order valence-electron chi connectivity index (χ1n) is 5.18. The number of non-ortho nitro benzene ring substituents is 1. The van der Waals surface area contributed by atoms with Gasteiger partial charge < -0.3 is 9.84 Å². The molecule has 0 aliphatic rings. The maximum absolute atomic E-state index is 12.8. The largest absolute Gasteiger partial charge is 0.390 e. The second-order valence-electron chi connectivity index (χ2n) is 3.75. The van der Waals surface area contributed by atoms with Crippen LogP contribution in [0.5, 0.6) is 0 Å². The van der Waals surface area contributed by atoms with Crippen molar-refractivity contribution in [2.45, 2.75) is 19.0 Å². The first-order chi connectivity index (χ1) is 8.45. The van der Waals surface area contributed by atoms with E-state index in [0.717, 1.165) is 12.1 Å². The van der Waals surface area contributed by atoms with E-state index in [1.165, 1.54) is 13.2 Å². The SMILES string of the molecule is COCC(O)Cc1ccc([N+](=O)[O-])cc1C(F)F. The molecule has 0 aliphatic carbocycles. The smallest absolute Gasteiger partial charge is 0.269 e. The van der Waals surface area contributed by atoms with E-state index in [0.29, 0.717) is 0 Å². The molecule has 1 rings (SSSR count). The number of hydrogen-bond donors (Lipinski definition) is 1. The highest BCUT2D eigenvalue weighted by Crippen LogP contribution is 2.28. The van der Waals surface area contributed by atoms with E-state index in [1.54, 1.807) is 0 Å². The summed E-state index contributed by atoms with van der Waals surface area (Å²) in [7, 11) is 1.38. The van der Waals surface area contributed by atoms with Crippen LogP contribution in [0.2, 0.25) is 0 Å². The van der Waals surface area contributed by atoms with Crippen molar-refractivity contribution in [3.05, 3.63) is 39.4 Å². The van der Waals surface area contributed by atoms with E-state index < -0.39 is 28.7 Å². The molecule has 100 valence electrons. The molecular formula is C11H13F2NO4. The fourth-order valence-corrected chi connectivity index (χ4v) is 1.59. The third-order valence-corrected chi connectivity index (χ3v) is 2.39. The maximum Gasteiger partial charge on any atom is 0.269 e. The fourth-order valence-electron chi connectivity index (χ4n) is 1.59. The van der Waals surface area contributed by atoms with Crippen molar-refractivity contribution in [2.24, 2.45) is 0 Å². The Morgan fingerprint density at radius 1 is 1.50 bits per heavy atom. The van der Waals surface area contributed by atoms with Crippen LogP contribution in [-0.2, 0) is 11.2 Å². The maximum atomic E-state index is 12.8. The molecule has 0 saturated carbocycles. The molecular weight excluding hydrogens is 248 g/mol. The van der Waals surface area contributed by atoms with Gasteiger partial charge >= 0.3 is 0 Å². The molecule has 0 aromatic heterocycles. The van der Waals surface area contributed by atoms with Gasteiger partial charge in [-0.2, -0.15) is 0 Å². The van der Waals surface area contributed by atoms with Crippen LogP contribution < -0.4 is 0 Å². The molecule has 1 aromatic carbocycles. The Labute approximate surface area is 102 Å². The summed E-state index contributed by atoms with van der Waals surface area (Å²) >= 11 is 0. The molecule has 0 saturated heterocycles. The lowest BCUT2D eigenvalue weighted by molar-refractivity contribution is -0.385. The Morgan fingerprint density at radius 3 is 2.67 bits per heavy atom. The molecule has 0 radical (unpaired) electrons. The third kappa shape index (κ3) is 3.71. The summed E-state index contributed by atoms with van der Waals surface area (Å²) < 4.78 is 30.2. The summed E-state index contributed by atoms with van der Waals surface area (Å²) in [6.07, 6.45) is -3.78. The van der Waals surface area contributed by atoms with E-state index in [9.17, 15) is 24.0 Å². The van der Waals surface area contributed by atoms with Crippen LogP contribution in [-0.4, -0.2) is 29.9 Å². The highest BCUT2D eigenvalue weighted by atomic mass is 19.3. The predicted octanol–water partition coefficient (Wildman–Crippen LogP) is 2.08. The highest BCUT2D eigenvalue weighted by Gasteiger charge is 2.19. The lowest BCUT2D eigenvalue weighted by atomic mass is 10.0. The summed E-state index contributed by atoms with van der Waals surface area (Å²) in [4.78, 5) is 9.77. The Balaban J connectivity index is 3.00. The van der Waals surface area contributed by atoms with E-state index in [1.807, 2.05) is 0 Å². The topological polar surface area (TPSA) is 72.6 Å². The Bertz CT molecular complexity index is 426. The second-order valence-corrected chi connectivity index (χ2v) is 3.75. The number of nitro groups is 1. The molecule has 1 N–H and O–H groups in total. The van der Waals surface area contributed by atoms with Gasteiger partial charge in [0, 0.05) is 31.2 Å². The second kappa shape index (κ2) is 6.36. The molecule has 0 heterocycles. The number of hydrogen-bond acceptors (Lipinski definition) is 4. The van der Waals surface area contributed by atoms with Crippen molar-refractivity contribution >= 4 is 5.69 Å². The van der Waals surface area contributed by atoms with Crippen LogP contribution in [0.4, 0.5) is 14.5 Å². The molecule has 0 aliphatic heterocycles. The molecule has 1 atom stereocenters. The first-order valence-corrected chi connectivity index (χ1v) is 5.18. The van der Waals surface area contributed by atoms with Crippen LogP contribution in [0.3, 0.4) is 0 Å². The van der Waals surface area contributed by atoms with Crippen LogP contribution in [0.25, 0.3) is 0 Å². The average Bonchev–Trinajstić information content (AvgIpc) is 2.29. The van der Waals surface area contributed by atoms with Gasteiger partial charge in [-0.1, -0.05) is 6.07 Å². The van der Waals surface area contributed by atoms with Gasteiger partial charge in [-0.25, -0.2) is 8.78 Å². The van der Waals surface area contributed by atoms with Crippen LogP contribution in [0.1, 0.15) is 17.6 Å². The number of alkyl halides is 2. The third-order valence-electron chi connectivity index (χ3n) is 2.39. The molecule has 0 spiro atoms. The van der Waals surface area contributed by atoms with E-state index in [2.05, 4.69) is 0 Å². The molecule has 1 aromatic rings. The van der Waals surface area contributed by atoms with Crippen LogP contribution >= 0.6 is 0 Å². The van der Waals surface area contributed by atoms with Crippen LogP contribution in [0.15, 0.2) is 18.2 Å². The lowest BCUT2D eigenvalue weighted by Crippen LogP contribution is -2.18. The zero-order chi connectivity index (χ0) is 13.7. The van der Waals surface area contributed by atoms with Crippen molar-refractivity contribution in [1.29, 1.82) is 0 Å².